The summed E-state index contributed by atoms with van der Waals surface area (Å²) in [6.07, 6.45) is 0. The van der Waals surface area contributed by atoms with E-state index in [4.69, 9.17) is 23.7 Å². The van der Waals surface area contributed by atoms with E-state index >= 15 is 0 Å². The van der Waals surface area contributed by atoms with Crippen molar-refractivity contribution in [3.05, 3.63) is 71.4 Å². The smallest absolute Gasteiger partial charge is 0.354 e. The third-order valence-corrected chi connectivity index (χ3v) is 8.90. The van der Waals surface area contributed by atoms with Crippen LogP contribution in [0.25, 0.3) is 4.91 Å². The Morgan fingerprint density at radius 1 is 0.946 bits per heavy atom. The maximum atomic E-state index is 13.8. The van der Waals surface area contributed by atoms with E-state index in [1.807, 2.05) is 0 Å². The Morgan fingerprint density at radius 3 is 2.32 bits per heavy atom. The van der Waals surface area contributed by atoms with Crippen molar-refractivity contribution in [2.75, 3.05) is 20.7 Å². The summed E-state index contributed by atoms with van der Waals surface area (Å²) in [6.45, 7) is -0.0714. The summed E-state index contributed by atoms with van der Waals surface area (Å²) in [6, 6.07) is 14.7. The zero-order valence-electron chi connectivity index (χ0n) is 19.3. The summed E-state index contributed by atoms with van der Waals surface area (Å²) >= 11 is 1.12. The van der Waals surface area contributed by atoms with Crippen LogP contribution in [-0.2, 0) is 21.4 Å². The van der Waals surface area contributed by atoms with Gasteiger partial charge in [0.1, 0.15) is 5.75 Å². The Morgan fingerprint density at radius 2 is 1.62 bits per heavy atom. The number of sulfonamides is 1. The number of nitrogens with zero attached hydrogens (tertiary/aromatic N) is 1. The van der Waals surface area contributed by atoms with Crippen molar-refractivity contribution in [1.82, 2.24) is 4.31 Å². The van der Waals surface area contributed by atoms with E-state index in [-0.39, 0.29) is 41.2 Å². The predicted octanol–water partition coefficient (Wildman–Crippen LogP) is 3.90. The van der Waals surface area contributed by atoms with Crippen molar-refractivity contribution in [3.8, 4) is 28.7 Å². The van der Waals surface area contributed by atoms with Crippen molar-refractivity contribution in [2.24, 2.45) is 0 Å². The zero-order chi connectivity index (χ0) is 25.7. The number of carboxylic acid groups (broad SMARTS) is 1. The molecule has 0 aromatic heterocycles. The molecule has 3 aromatic carbocycles. The van der Waals surface area contributed by atoms with Crippen LogP contribution in [0.1, 0.15) is 11.1 Å². The minimum Gasteiger partial charge on any atom is -0.497 e. The van der Waals surface area contributed by atoms with Crippen LogP contribution in [-0.4, -0.2) is 44.5 Å². The van der Waals surface area contributed by atoms with Crippen molar-refractivity contribution in [1.29, 1.82) is 0 Å². The van der Waals surface area contributed by atoms with Gasteiger partial charge in [-0.25, -0.2) is 13.2 Å². The molecule has 190 valence electrons. The number of rotatable bonds is 6. The Hall–Kier alpha value is -4.03. The summed E-state index contributed by atoms with van der Waals surface area (Å²) in [5.74, 6) is 1.11. The molecule has 37 heavy (non-hydrogen) atoms. The predicted molar refractivity (Wildman–Crippen MR) is 131 cm³/mol. The molecule has 3 aliphatic heterocycles. The van der Waals surface area contributed by atoms with Crippen LogP contribution in [0.4, 0.5) is 0 Å². The monoisotopic (exact) mass is 541 g/mol. The molecule has 3 aliphatic rings. The minimum absolute atomic E-state index is 0.0257. The Kier molecular flexibility index (Phi) is 5.57. The van der Waals surface area contributed by atoms with Gasteiger partial charge in [0.05, 0.1) is 23.5 Å². The molecule has 0 aliphatic carbocycles. The standard InChI is InChI=1S/C25H19NO9S2/c1-31-15-3-7-22-17(9-15)24(36-16-4-6-19-21(10-16)35-13-33-19)23(25(27)28)26(37(22,29)30)11-14-2-5-18-20(8-14)34-12-32-18/h2-10H,11-13H2,1H3,(H,27,28). The molecule has 10 nitrogen and oxygen atoms in total. The molecule has 0 fully saturated rings. The van der Waals surface area contributed by atoms with Gasteiger partial charge >= 0.3 is 5.97 Å². The lowest BCUT2D eigenvalue weighted by Gasteiger charge is -2.32. The number of aliphatic carboxylic acids is 1. The van der Waals surface area contributed by atoms with Crippen molar-refractivity contribution in [3.63, 3.8) is 0 Å². The highest BCUT2D eigenvalue weighted by Crippen LogP contribution is 2.48. The van der Waals surface area contributed by atoms with Crippen LogP contribution in [0.3, 0.4) is 0 Å². The maximum Gasteiger partial charge on any atom is 0.354 e. The molecule has 3 heterocycles. The van der Waals surface area contributed by atoms with Crippen molar-refractivity contribution in [2.45, 2.75) is 16.3 Å². The normalized spacial score (nSPS) is 16.5. The van der Waals surface area contributed by atoms with Gasteiger partial charge in [-0.05, 0) is 54.1 Å². The fourth-order valence-corrected chi connectivity index (χ4v) is 7.13. The Balaban J connectivity index is 1.51. The second kappa shape index (κ2) is 8.82. The van der Waals surface area contributed by atoms with E-state index in [0.29, 0.717) is 39.2 Å². The quantitative estimate of drug-likeness (QED) is 0.492. The first-order chi connectivity index (χ1) is 17.8. The van der Waals surface area contributed by atoms with E-state index in [9.17, 15) is 18.3 Å². The van der Waals surface area contributed by atoms with Gasteiger partial charge in [0, 0.05) is 10.5 Å². The second-order valence-corrected chi connectivity index (χ2v) is 11.1. The number of hydrogen-bond donors (Lipinski definition) is 1. The lowest BCUT2D eigenvalue weighted by atomic mass is 10.1. The van der Waals surface area contributed by atoms with Gasteiger partial charge in [0.25, 0.3) is 10.0 Å². The van der Waals surface area contributed by atoms with Crippen LogP contribution in [0.2, 0.25) is 0 Å². The van der Waals surface area contributed by atoms with Crippen molar-refractivity contribution >= 4 is 32.7 Å². The fraction of sp³-hybridized carbons (Fsp3) is 0.160. The van der Waals surface area contributed by atoms with Gasteiger partial charge in [-0.3, -0.25) is 4.31 Å². The summed E-state index contributed by atoms with van der Waals surface area (Å²) in [5, 5.41) is 10.3. The lowest BCUT2D eigenvalue weighted by molar-refractivity contribution is -0.133. The molecule has 0 bridgehead atoms. The Bertz CT molecular complexity index is 1580. The van der Waals surface area contributed by atoms with Crippen LogP contribution in [0, 0.1) is 0 Å². The summed E-state index contributed by atoms with van der Waals surface area (Å²) < 4.78 is 55.4. The average molecular weight is 542 g/mol. The first-order valence-corrected chi connectivity index (χ1v) is 13.3. The largest absolute Gasteiger partial charge is 0.497 e. The topological polar surface area (TPSA) is 121 Å². The highest BCUT2D eigenvalue weighted by atomic mass is 32.2. The lowest BCUT2D eigenvalue weighted by Crippen LogP contribution is -2.37. The first-order valence-electron chi connectivity index (χ1n) is 11.0. The molecular weight excluding hydrogens is 522 g/mol. The number of hydrogen-bond acceptors (Lipinski definition) is 9. The molecule has 0 spiro atoms. The van der Waals surface area contributed by atoms with E-state index in [2.05, 4.69) is 0 Å². The van der Waals surface area contributed by atoms with Crippen LogP contribution in [0.5, 0.6) is 28.7 Å². The number of carboxylic acids is 1. The number of carbonyl (C=O) groups is 1. The number of ether oxygens (including phenoxy) is 5. The molecule has 1 N–H and O–H groups in total. The molecular formula is C25H19NO9S2. The third kappa shape index (κ3) is 3.98. The van der Waals surface area contributed by atoms with Gasteiger partial charge in [-0.2, -0.15) is 0 Å². The van der Waals surface area contributed by atoms with Crippen LogP contribution < -0.4 is 23.7 Å². The number of fused-ring (bicyclic) bond motifs is 3. The van der Waals surface area contributed by atoms with Gasteiger partial charge in [-0.15, -0.1) is 0 Å². The number of thioether (sulfide) groups is 1. The molecule has 0 radical (unpaired) electrons. The van der Waals surface area contributed by atoms with Crippen LogP contribution >= 0.6 is 11.8 Å². The van der Waals surface area contributed by atoms with Crippen LogP contribution in [0.15, 0.2) is 70.1 Å². The van der Waals surface area contributed by atoms with Gasteiger partial charge < -0.3 is 28.8 Å². The molecule has 0 saturated heterocycles. The highest BCUT2D eigenvalue weighted by Gasteiger charge is 2.41. The molecule has 12 heteroatoms. The summed E-state index contributed by atoms with van der Waals surface area (Å²) in [4.78, 5) is 13.6. The average Bonchev–Trinajstić information content (AvgIpc) is 3.55. The fourth-order valence-electron chi connectivity index (χ4n) is 4.25. The Labute approximate surface area is 216 Å². The molecule has 0 amide bonds. The molecule has 6 rings (SSSR count). The molecule has 0 unspecified atom stereocenters. The summed E-state index contributed by atoms with van der Waals surface area (Å²) in [5.41, 5.74) is 0.401. The molecule has 0 atom stereocenters. The van der Waals surface area contributed by atoms with Gasteiger partial charge in [0.2, 0.25) is 13.6 Å². The minimum atomic E-state index is -4.24. The number of benzene rings is 3. The van der Waals surface area contributed by atoms with Crippen molar-refractivity contribution < 1.29 is 42.0 Å². The maximum absolute atomic E-state index is 13.8. The van der Waals surface area contributed by atoms with Gasteiger partial charge in [0.15, 0.2) is 28.7 Å². The van der Waals surface area contributed by atoms with E-state index in [0.717, 1.165) is 16.1 Å². The first kappa shape index (κ1) is 23.4. The highest BCUT2D eigenvalue weighted by molar-refractivity contribution is 8.08. The molecule has 0 saturated carbocycles. The number of methoxy groups -OCH3 is 1. The summed E-state index contributed by atoms with van der Waals surface area (Å²) in [7, 11) is -2.78. The second-order valence-electron chi connectivity index (χ2n) is 8.16. The van der Waals surface area contributed by atoms with E-state index in [1.54, 1.807) is 36.4 Å². The zero-order valence-corrected chi connectivity index (χ0v) is 20.9. The third-order valence-electron chi connectivity index (χ3n) is 5.99. The van der Waals surface area contributed by atoms with E-state index < -0.39 is 16.0 Å². The SMILES string of the molecule is COc1ccc2c(c1)C(Sc1ccc3c(c1)OCO3)=C(C(=O)O)N(Cc1ccc3c(c1)OCO3)S2(=O)=O. The van der Waals surface area contributed by atoms with E-state index in [1.165, 1.54) is 25.3 Å². The van der Waals surface area contributed by atoms with Gasteiger partial charge in [-0.1, -0.05) is 17.8 Å². The molecule has 3 aromatic rings.